The first-order valence-electron chi connectivity index (χ1n) is 8.36. The van der Waals surface area contributed by atoms with E-state index in [0.29, 0.717) is 28.9 Å². The lowest BCUT2D eigenvalue weighted by atomic mass is 10.1. The summed E-state index contributed by atoms with van der Waals surface area (Å²) >= 11 is 0. The maximum atomic E-state index is 13.1. The summed E-state index contributed by atoms with van der Waals surface area (Å²) in [5.41, 5.74) is 7.00. The highest BCUT2D eigenvalue weighted by molar-refractivity contribution is 5.91. The van der Waals surface area contributed by atoms with Gasteiger partial charge in [0, 0.05) is 17.7 Å². The van der Waals surface area contributed by atoms with Gasteiger partial charge in [-0.1, -0.05) is 0 Å². The van der Waals surface area contributed by atoms with Gasteiger partial charge in [0.05, 0.1) is 31.7 Å². The third-order valence-corrected chi connectivity index (χ3v) is 4.65. The van der Waals surface area contributed by atoms with Crippen molar-refractivity contribution in [3.05, 3.63) is 29.7 Å². The molecule has 0 aliphatic heterocycles. The van der Waals surface area contributed by atoms with Gasteiger partial charge in [-0.25, -0.2) is 23.3 Å². The molecule has 1 amide bonds. The predicted octanol–water partition coefficient (Wildman–Crippen LogP) is 1.67. The van der Waals surface area contributed by atoms with E-state index in [1.807, 2.05) is 0 Å². The molecule has 1 saturated carbocycles. The van der Waals surface area contributed by atoms with E-state index in [1.165, 1.54) is 31.1 Å². The molecule has 0 spiro atoms. The summed E-state index contributed by atoms with van der Waals surface area (Å²) in [7, 11) is 2.85. The molecule has 1 aliphatic rings. The second-order valence-electron chi connectivity index (χ2n) is 6.36. The average Bonchev–Trinajstić information content (AvgIpc) is 3.37. The van der Waals surface area contributed by atoms with Crippen LogP contribution in [0.5, 0.6) is 11.9 Å². The first-order valence-corrected chi connectivity index (χ1v) is 8.36. The number of hydrogen-bond acceptors (Lipinski definition) is 7. The molecule has 11 heteroatoms. The summed E-state index contributed by atoms with van der Waals surface area (Å²) in [6, 6.07) is 1.76. The number of aromatic nitrogens is 5. The fourth-order valence-corrected chi connectivity index (χ4v) is 3.16. The van der Waals surface area contributed by atoms with E-state index < -0.39 is 24.2 Å². The van der Waals surface area contributed by atoms with Gasteiger partial charge in [0.25, 0.3) is 5.91 Å². The quantitative estimate of drug-likeness (QED) is 0.680. The molecule has 0 bridgehead atoms. The number of fused-ring (bicyclic) bond motifs is 1. The largest absolute Gasteiger partial charge is 0.480 e. The number of amides is 1. The van der Waals surface area contributed by atoms with Crippen molar-refractivity contribution in [3.63, 3.8) is 0 Å². The Morgan fingerprint density at radius 1 is 1.32 bits per heavy atom. The molecule has 0 saturated heterocycles. The van der Waals surface area contributed by atoms with E-state index >= 15 is 0 Å². The Morgan fingerprint density at radius 2 is 2.11 bits per heavy atom. The van der Waals surface area contributed by atoms with Crippen molar-refractivity contribution in [3.8, 4) is 23.1 Å². The topological polar surface area (TPSA) is 118 Å². The fourth-order valence-electron chi connectivity index (χ4n) is 3.16. The van der Waals surface area contributed by atoms with E-state index in [9.17, 15) is 13.6 Å². The van der Waals surface area contributed by atoms with Crippen molar-refractivity contribution in [2.45, 2.75) is 18.8 Å². The third-order valence-electron chi connectivity index (χ3n) is 4.65. The van der Waals surface area contributed by atoms with Crippen LogP contribution >= 0.6 is 0 Å². The normalized spacial score (nSPS) is 18.5. The van der Waals surface area contributed by atoms with Crippen LogP contribution in [-0.2, 0) is 0 Å². The molecule has 0 unspecified atom stereocenters. The van der Waals surface area contributed by atoms with Crippen LogP contribution < -0.4 is 15.2 Å². The Kier molecular flexibility index (Phi) is 4.28. The molecule has 4 rings (SSSR count). The van der Waals surface area contributed by atoms with Gasteiger partial charge in [-0.05, 0) is 18.4 Å². The van der Waals surface area contributed by atoms with Crippen LogP contribution in [0.1, 0.15) is 28.4 Å². The number of nitrogens with zero attached hydrogens (tertiary/aromatic N) is 5. The Bertz CT molecular complexity index is 1070. The second-order valence-corrected chi connectivity index (χ2v) is 6.36. The zero-order valence-corrected chi connectivity index (χ0v) is 15.0. The minimum atomic E-state index is -2.44. The van der Waals surface area contributed by atoms with E-state index in [2.05, 4.69) is 20.1 Å². The number of imidazole rings is 1. The second kappa shape index (κ2) is 6.66. The van der Waals surface area contributed by atoms with Crippen LogP contribution in [0.25, 0.3) is 16.9 Å². The maximum absolute atomic E-state index is 13.1. The van der Waals surface area contributed by atoms with E-state index in [0.717, 1.165) is 0 Å². The lowest BCUT2D eigenvalue weighted by molar-refractivity contribution is 0.0996. The smallest absolute Gasteiger partial charge is 0.319 e. The number of carbonyl (C=O) groups excluding carboxylic acids is 1. The zero-order valence-electron chi connectivity index (χ0n) is 15.0. The first kappa shape index (κ1) is 18.0. The highest BCUT2D eigenvalue weighted by Gasteiger charge is 2.46. The molecule has 0 radical (unpaired) electrons. The van der Waals surface area contributed by atoms with Gasteiger partial charge in [-0.2, -0.15) is 10.1 Å². The molecule has 146 valence electrons. The van der Waals surface area contributed by atoms with Gasteiger partial charge in [0.1, 0.15) is 5.69 Å². The van der Waals surface area contributed by atoms with Gasteiger partial charge in [0.15, 0.2) is 5.65 Å². The summed E-state index contributed by atoms with van der Waals surface area (Å²) in [6.07, 6.45) is 0.713. The van der Waals surface area contributed by atoms with Crippen molar-refractivity contribution < 1.29 is 23.0 Å². The van der Waals surface area contributed by atoms with Crippen molar-refractivity contribution >= 4 is 11.6 Å². The molecule has 28 heavy (non-hydrogen) atoms. The number of halogens is 2. The van der Waals surface area contributed by atoms with Crippen LogP contribution in [0.15, 0.2) is 18.5 Å². The van der Waals surface area contributed by atoms with Gasteiger partial charge < -0.3 is 15.2 Å². The molecule has 3 aromatic rings. The summed E-state index contributed by atoms with van der Waals surface area (Å²) < 4.78 is 37.9. The number of hydrogen-bond donors (Lipinski definition) is 1. The molecule has 0 aromatic carbocycles. The number of rotatable bonds is 6. The summed E-state index contributed by atoms with van der Waals surface area (Å²) in [4.78, 5) is 23.9. The van der Waals surface area contributed by atoms with E-state index in [1.54, 1.807) is 6.07 Å². The number of primary amides is 1. The highest BCUT2D eigenvalue weighted by atomic mass is 19.3. The van der Waals surface area contributed by atoms with Gasteiger partial charge in [-0.3, -0.25) is 4.79 Å². The van der Waals surface area contributed by atoms with Gasteiger partial charge in [-0.15, -0.1) is 0 Å². The van der Waals surface area contributed by atoms with Crippen LogP contribution in [0.2, 0.25) is 0 Å². The van der Waals surface area contributed by atoms with E-state index in [-0.39, 0.29) is 17.6 Å². The molecule has 3 heterocycles. The standard InChI is InChI=1S/C17H16F2N6O3/c1-27-16-10(5-21-17(23-16)28-2)11-4-9(7-3-8(7)13(18)19)15-22-12(14(20)26)6-25(15)24-11/h4-8,13H,3H2,1-2H3,(H2,20,26)/t7-,8-/m0/s1. The number of nitrogens with two attached hydrogens (primary N) is 1. The molecule has 1 fully saturated rings. The SMILES string of the molecule is COc1ncc(-c2cc([C@H]3C[C@@H]3C(F)F)c3nc(C(N)=O)cn3n2)c(OC)n1. The lowest BCUT2D eigenvalue weighted by Crippen LogP contribution is -2.10. The fraction of sp³-hybridized carbons (Fsp3) is 0.353. The summed E-state index contributed by atoms with van der Waals surface area (Å²) in [5, 5.41) is 4.41. The van der Waals surface area contributed by atoms with Gasteiger partial charge >= 0.3 is 6.01 Å². The molecule has 3 aromatic heterocycles. The van der Waals surface area contributed by atoms with Crippen molar-refractivity contribution in [2.75, 3.05) is 14.2 Å². The zero-order chi connectivity index (χ0) is 20.0. The van der Waals surface area contributed by atoms with Crippen molar-refractivity contribution in [1.82, 2.24) is 24.6 Å². The maximum Gasteiger partial charge on any atom is 0.319 e. The van der Waals surface area contributed by atoms with Crippen LogP contribution in [0.3, 0.4) is 0 Å². The monoisotopic (exact) mass is 390 g/mol. The van der Waals surface area contributed by atoms with Crippen molar-refractivity contribution in [1.29, 1.82) is 0 Å². The van der Waals surface area contributed by atoms with Crippen LogP contribution in [0, 0.1) is 5.92 Å². The third kappa shape index (κ3) is 2.98. The minimum absolute atomic E-state index is 0.00177. The van der Waals surface area contributed by atoms with Gasteiger partial charge in [0.2, 0.25) is 12.3 Å². The predicted molar refractivity (Wildman–Crippen MR) is 92.5 cm³/mol. The number of methoxy groups -OCH3 is 2. The van der Waals surface area contributed by atoms with E-state index in [4.69, 9.17) is 15.2 Å². The molecule has 2 N–H and O–H groups in total. The molecule has 2 atom stereocenters. The molecule has 9 nitrogen and oxygen atoms in total. The Labute approximate surface area is 157 Å². The first-order chi connectivity index (χ1) is 13.4. The highest BCUT2D eigenvalue weighted by Crippen LogP contribution is 2.52. The Hall–Kier alpha value is -3.37. The Balaban J connectivity index is 1.89. The number of alkyl halides is 2. The molecular weight excluding hydrogens is 374 g/mol. The molecular formula is C17H16F2N6O3. The summed E-state index contributed by atoms with van der Waals surface area (Å²) in [6.45, 7) is 0. The van der Waals surface area contributed by atoms with Crippen molar-refractivity contribution in [2.24, 2.45) is 11.7 Å². The van der Waals surface area contributed by atoms with Crippen LogP contribution in [0.4, 0.5) is 8.78 Å². The Morgan fingerprint density at radius 3 is 2.71 bits per heavy atom. The average molecular weight is 390 g/mol. The minimum Gasteiger partial charge on any atom is -0.480 e. The van der Waals surface area contributed by atoms with Crippen LogP contribution in [-0.4, -0.2) is 51.1 Å². The number of carbonyl (C=O) groups is 1. The number of ether oxygens (including phenoxy) is 2. The molecule has 1 aliphatic carbocycles. The summed E-state index contributed by atoms with van der Waals surface area (Å²) in [5.74, 6) is -1.68. The lowest BCUT2D eigenvalue weighted by Gasteiger charge is -2.10.